The van der Waals surface area contributed by atoms with Crippen LogP contribution in [0.2, 0.25) is 0 Å². The van der Waals surface area contributed by atoms with Gasteiger partial charge in [0, 0.05) is 22.7 Å². The van der Waals surface area contributed by atoms with Gasteiger partial charge < -0.3 is 14.6 Å². The van der Waals surface area contributed by atoms with Gasteiger partial charge in [-0.15, -0.1) is 12.6 Å². The summed E-state index contributed by atoms with van der Waals surface area (Å²) in [5, 5.41) is 11.0. The lowest BCUT2D eigenvalue weighted by atomic mass is 9.46. The molecule has 8 atom stereocenters. The first-order valence-corrected chi connectivity index (χ1v) is 11.7. The van der Waals surface area contributed by atoms with Gasteiger partial charge in [0.2, 0.25) is 5.12 Å². The molecule has 0 radical (unpaired) electrons. The summed E-state index contributed by atoms with van der Waals surface area (Å²) in [6.07, 6.45) is 6.33. The number of hydrogen-bond donors (Lipinski definition) is 2. The second-order valence-electron chi connectivity index (χ2n) is 10.2. The summed E-state index contributed by atoms with van der Waals surface area (Å²) in [5.41, 5.74) is -1.52. The Morgan fingerprint density at radius 3 is 2.68 bits per heavy atom. The Hall–Kier alpha value is -1.60. The summed E-state index contributed by atoms with van der Waals surface area (Å²) in [6, 6.07) is 0. The van der Waals surface area contributed by atoms with Crippen LogP contribution < -0.4 is 0 Å². The Labute approximate surface area is 188 Å². The summed E-state index contributed by atoms with van der Waals surface area (Å²) in [4.78, 5) is 37.3. The number of ether oxygens (including phenoxy) is 2. The van der Waals surface area contributed by atoms with Gasteiger partial charge in [-0.3, -0.25) is 9.59 Å². The number of aliphatic hydroxyl groups excluding tert-OH is 1. The van der Waals surface area contributed by atoms with Crippen LogP contribution in [0.1, 0.15) is 53.4 Å². The van der Waals surface area contributed by atoms with Gasteiger partial charge >= 0.3 is 6.16 Å². The summed E-state index contributed by atoms with van der Waals surface area (Å²) in [7, 11) is 0. The Kier molecular flexibility index (Phi) is 5.45. The standard InChI is InChI=1S/C24H32O6S/c1-5-29-21(28)30-24(20(27)31)13(2)10-17-16-7-6-14-11-15(25)8-9-22(14,3)19(16)18(26)12-23(17,24)4/h8-9,11,13,16-19,26H,5-7,10,12H2,1-4H3,(H,27,31)/t13-,16+,17+,18+,19-,22+,23+,24+/m1/s1. The van der Waals surface area contributed by atoms with E-state index in [-0.39, 0.29) is 41.5 Å². The first-order chi connectivity index (χ1) is 14.5. The molecule has 3 saturated carbocycles. The molecule has 31 heavy (non-hydrogen) atoms. The van der Waals surface area contributed by atoms with Gasteiger partial charge in [0.05, 0.1) is 12.7 Å². The van der Waals surface area contributed by atoms with E-state index in [9.17, 15) is 19.5 Å². The van der Waals surface area contributed by atoms with E-state index in [2.05, 4.69) is 19.6 Å². The van der Waals surface area contributed by atoms with Crippen LogP contribution in [-0.4, -0.2) is 40.5 Å². The fourth-order valence-electron chi connectivity index (χ4n) is 7.64. The number of aliphatic hydroxyl groups is 1. The van der Waals surface area contributed by atoms with Crippen molar-refractivity contribution in [1.29, 1.82) is 0 Å². The minimum atomic E-state index is -1.45. The van der Waals surface area contributed by atoms with Crippen molar-refractivity contribution in [3.8, 4) is 0 Å². The summed E-state index contributed by atoms with van der Waals surface area (Å²) < 4.78 is 10.8. The van der Waals surface area contributed by atoms with Crippen molar-refractivity contribution in [1.82, 2.24) is 0 Å². The third-order valence-corrected chi connectivity index (χ3v) is 9.19. The van der Waals surface area contributed by atoms with Crippen molar-refractivity contribution in [2.24, 2.45) is 34.5 Å². The second-order valence-corrected chi connectivity index (χ2v) is 10.6. The van der Waals surface area contributed by atoms with Crippen molar-refractivity contribution in [3.63, 3.8) is 0 Å². The van der Waals surface area contributed by atoms with E-state index in [1.54, 1.807) is 19.1 Å². The van der Waals surface area contributed by atoms with Crippen LogP contribution in [0.25, 0.3) is 0 Å². The predicted molar refractivity (Wildman–Crippen MR) is 117 cm³/mol. The lowest BCUT2D eigenvalue weighted by molar-refractivity contribution is -0.180. The Morgan fingerprint density at radius 2 is 2.03 bits per heavy atom. The maximum Gasteiger partial charge on any atom is 0.509 e. The molecular weight excluding hydrogens is 416 g/mol. The largest absolute Gasteiger partial charge is 0.509 e. The molecule has 170 valence electrons. The van der Waals surface area contributed by atoms with E-state index < -0.39 is 28.4 Å². The van der Waals surface area contributed by atoms with Gasteiger partial charge in [0.15, 0.2) is 11.4 Å². The van der Waals surface area contributed by atoms with E-state index >= 15 is 0 Å². The molecular formula is C24H32O6S. The zero-order valence-electron chi connectivity index (χ0n) is 18.6. The van der Waals surface area contributed by atoms with Crippen LogP contribution in [0.4, 0.5) is 4.79 Å². The summed E-state index contributed by atoms with van der Waals surface area (Å²) >= 11 is 4.19. The van der Waals surface area contributed by atoms with Crippen molar-refractivity contribution in [3.05, 3.63) is 23.8 Å². The summed E-state index contributed by atoms with van der Waals surface area (Å²) in [5.74, 6) is -0.105. The van der Waals surface area contributed by atoms with Crippen LogP contribution >= 0.6 is 12.6 Å². The number of carbonyl (C=O) groups is 3. The normalized spacial score (nSPS) is 45.8. The van der Waals surface area contributed by atoms with Gasteiger partial charge in [-0.25, -0.2) is 4.79 Å². The maximum absolute atomic E-state index is 13.0. The molecule has 3 fully saturated rings. The van der Waals surface area contributed by atoms with Crippen molar-refractivity contribution in [2.75, 3.05) is 6.61 Å². The smallest absolute Gasteiger partial charge is 0.435 e. The molecule has 4 aliphatic carbocycles. The van der Waals surface area contributed by atoms with Crippen LogP contribution in [0.5, 0.6) is 0 Å². The molecule has 6 nitrogen and oxygen atoms in total. The monoisotopic (exact) mass is 448 g/mol. The fourth-order valence-corrected chi connectivity index (χ4v) is 8.16. The average molecular weight is 449 g/mol. The fraction of sp³-hybridized carbons (Fsp3) is 0.708. The highest BCUT2D eigenvalue weighted by molar-refractivity contribution is 7.96. The van der Waals surface area contributed by atoms with E-state index in [4.69, 9.17) is 9.47 Å². The molecule has 0 aromatic heterocycles. The minimum Gasteiger partial charge on any atom is -0.435 e. The molecule has 0 aliphatic heterocycles. The molecule has 7 heteroatoms. The van der Waals surface area contributed by atoms with Crippen LogP contribution in [0.3, 0.4) is 0 Å². The van der Waals surface area contributed by atoms with Gasteiger partial charge in [0.1, 0.15) is 0 Å². The number of rotatable bonds is 3. The third-order valence-electron chi connectivity index (χ3n) is 8.86. The molecule has 0 saturated heterocycles. The molecule has 0 amide bonds. The molecule has 4 aliphatic rings. The molecule has 1 N–H and O–H groups in total. The molecule has 0 aromatic carbocycles. The van der Waals surface area contributed by atoms with Crippen molar-refractivity contribution in [2.45, 2.75) is 65.1 Å². The SMILES string of the molecule is CCOC(=O)O[C@]1(C(=O)S)[C@H](C)C[C@H]2[C@@H]3CCC4=CC(=O)C=C[C@]4(C)[C@H]3[C@@H](O)C[C@@]21C. The molecule has 0 aromatic rings. The third kappa shape index (κ3) is 2.99. The topological polar surface area (TPSA) is 89.9 Å². The Balaban J connectivity index is 1.76. The number of allylic oxidation sites excluding steroid dienone is 4. The maximum atomic E-state index is 13.0. The number of carbonyl (C=O) groups excluding carboxylic acids is 3. The number of fused-ring (bicyclic) bond motifs is 5. The molecule has 4 rings (SSSR count). The summed E-state index contributed by atoms with van der Waals surface area (Å²) in [6.45, 7) is 7.82. The van der Waals surface area contributed by atoms with E-state index in [0.717, 1.165) is 18.4 Å². The quantitative estimate of drug-likeness (QED) is 0.503. The van der Waals surface area contributed by atoms with Gasteiger partial charge in [-0.05, 0) is 56.6 Å². The van der Waals surface area contributed by atoms with Crippen molar-refractivity contribution < 1.29 is 29.0 Å². The zero-order chi connectivity index (χ0) is 22.8. The highest BCUT2D eigenvalue weighted by Crippen LogP contribution is 2.69. The number of thiol groups is 1. The van der Waals surface area contributed by atoms with E-state index in [1.807, 2.05) is 19.9 Å². The van der Waals surface area contributed by atoms with E-state index in [1.165, 1.54) is 0 Å². The molecule has 0 spiro atoms. The molecule has 0 bridgehead atoms. The lowest BCUT2D eigenvalue weighted by Crippen LogP contribution is -2.63. The Morgan fingerprint density at radius 1 is 1.32 bits per heavy atom. The minimum absolute atomic E-state index is 0.00178. The zero-order valence-corrected chi connectivity index (χ0v) is 19.5. The number of hydrogen-bond acceptors (Lipinski definition) is 6. The highest BCUT2D eigenvalue weighted by Gasteiger charge is 2.72. The first-order valence-electron chi connectivity index (χ1n) is 11.2. The molecule has 0 unspecified atom stereocenters. The van der Waals surface area contributed by atoms with Gasteiger partial charge in [-0.1, -0.05) is 32.4 Å². The Bertz CT molecular complexity index is 879. The number of ketones is 1. The average Bonchev–Trinajstić information content (AvgIpc) is 2.90. The van der Waals surface area contributed by atoms with E-state index in [0.29, 0.717) is 12.8 Å². The van der Waals surface area contributed by atoms with Gasteiger partial charge in [-0.2, -0.15) is 0 Å². The first kappa shape index (κ1) is 22.6. The lowest BCUT2D eigenvalue weighted by Gasteiger charge is -2.59. The van der Waals surface area contributed by atoms with Crippen LogP contribution in [-0.2, 0) is 19.1 Å². The highest BCUT2D eigenvalue weighted by atomic mass is 32.1. The second kappa shape index (κ2) is 7.48. The predicted octanol–water partition coefficient (Wildman–Crippen LogP) is 3.88. The van der Waals surface area contributed by atoms with Crippen LogP contribution in [0.15, 0.2) is 23.8 Å². The molecule has 0 heterocycles. The van der Waals surface area contributed by atoms with Crippen LogP contribution in [0, 0.1) is 34.5 Å². The van der Waals surface area contributed by atoms with Gasteiger partial charge in [0.25, 0.3) is 0 Å². The van der Waals surface area contributed by atoms with Crippen molar-refractivity contribution >= 4 is 29.7 Å².